The van der Waals surface area contributed by atoms with Crippen molar-refractivity contribution in [2.45, 2.75) is 13.8 Å². The highest BCUT2D eigenvalue weighted by molar-refractivity contribution is 5.51. The second-order valence-electron chi connectivity index (χ2n) is 2.51. The largest absolute Gasteiger partial charge is 0.494 e. The van der Waals surface area contributed by atoms with Gasteiger partial charge in [0.15, 0.2) is 0 Å². The van der Waals surface area contributed by atoms with E-state index in [0.29, 0.717) is 0 Å². The van der Waals surface area contributed by atoms with Crippen LogP contribution in [0.2, 0.25) is 0 Å². The molecule has 0 heterocycles. The zero-order valence-corrected chi connectivity index (χ0v) is 7.58. The van der Waals surface area contributed by atoms with Gasteiger partial charge in [-0.05, 0) is 31.5 Å². The topological polar surface area (TPSA) is 9.23 Å². The Morgan fingerprint density at radius 2 is 2.25 bits per heavy atom. The lowest BCUT2D eigenvalue weighted by atomic mass is 10.2. The van der Waals surface area contributed by atoms with Crippen molar-refractivity contribution >= 4 is 6.08 Å². The lowest BCUT2D eigenvalue weighted by Crippen LogP contribution is -1.90. The lowest BCUT2D eigenvalue weighted by Gasteiger charge is -2.02. The summed E-state index contributed by atoms with van der Waals surface area (Å²) in [5.74, 6) is 0.938. The zero-order chi connectivity index (χ0) is 8.81. The maximum absolute atomic E-state index is 5.36. The highest BCUT2D eigenvalue weighted by Crippen LogP contribution is 2.13. The Bertz CT molecular complexity index is 263. The van der Waals surface area contributed by atoms with Crippen LogP contribution in [0.25, 0.3) is 6.08 Å². The van der Waals surface area contributed by atoms with Crippen LogP contribution < -0.4 is 4.74 Å². The molecule has 64 valence electrons. The van der Waals surface area contributed by atoms with Gasteiger partial charge in [0.25, 0.3) is 0 Å². The van der Waals surface area contributed by atoms with Crippen molar-refractivity contribution in [2.24, 2.45) is 0 Å². The van der Waals surface area contributed by atoms with Gasteiger partial charge in [-0.25, -0.2) is 0 Å². The molecule has 0 aromatic heterocycles. The van der Waals surface area contributed by atoms with Gasteiger partial charge in [0.05, 0.1) is 6.61 Å². The number of ether oxygens (including phenoxy) is 1. The quantitative estimate of drug-likeness (QED) is 0.663. The van der Waals surface area contributed by atoms with Crippen LogP contribution in [0.15, 0.2) is 30.3 Å². The van der Waals surface area contributed by atoms with Crippen molar-refractivity contribution < 1.29 is 4.74 Å². The molecule has 0 saturated carbocycles. The van der Waals surface area contributed by atoms with Gasteiger partial charge < -0.3 is 4.74 Å². The summed E-state index contributed by atoms with van der Waals surface area (Å²) in [6.45, 7) is 4.72. The van der Waals surface area contributed by atoms with Crippen LogP contribution in [-0.2, 0) is 0 Å². The molecule has 0 aliphatic rings. The molecule has 12 heavy (non-hydrogen) atoms. The van der Waals surface area contributed by atoms with Crippen LogP contribution in [-0.4, -0.2) is 6.61 Å². The Hall–Kier alpha value is -1.24. The molecule has 0 aliphatic heterocycles. The van der Waals surface area contributed by atoms with Crippen LogP contribution in [0.3, 0.4) is 0 Å². The minimum atomic E-state index is 0.722. The van der Waals surface area contributed by atoms with Gasteiger partial charge in [-0.3, -0.25) is 0 Å². The van der Waals surface area contributed by atoms with Crippen molar-refractivity contribution in [3.63, 3.8) is 0 Å². The molecule has 0 N–H and O–H groups in total. The molecule has 0 aliphatic carbocycles. The van der Waals surface area contributed by atoms with Crippen molar-refractivity contribution in [3.05, 3.63) is 35.9 Å². The first kappa shape index (κ1) is 8.85. The van der Waals surface area contributed by atoms with E-state index in [1.165, 1.54) is 5.56 Å². The summed E-state index contributed by atoms with van der Waals surface area (Å²) < 4.78 is 5.36. The summed E-state index contributed by atoms with van der Waals surface area (Å²) in [6, 6.07) is 8.06. The SMILES string of the molecule is C/C=C/c1cccc(OCC)c1. The number of allylic oxidation sites excluding steroid dienone is 1. The number of hydrogen-bond acceptors (Lipinski definition) is 1. The number of rotatable bonds is 3. The normalized spacial score (nSPS) is 10.5. The monoisotopic (exact) mass is 162 g/mol. The summed E-state index contributed by atoms with van der Waals surface area (Å²) >= 11 is 0. The van der Waals surface area contributed by atoms with E-state index in [1.54, 1.807) is 0 Å². The molecule has 0 spiro atoms. The van der Waals surface area contributed by atoms with Crippen LogP contribution >= 0.6 is 0 Å². The van der Waals surface area contributed by atoms with E-state index >= 15 is 0 Å². The molecule has 0 amide bonds. The number of hydrogen-bond donors (Lipinski definition) is 0. The van der Waals surface area contributed by atoms with Gasteiger partial charge in [-0.15, -0.1) is 0 Å². The molecule has 0 saturated heterocycles. The van der Waals surface area contributed by atoms with E-state index < -0.39 is 0 Å². The maximum Gasteiger partial charge on any atom is 0.119 e. The van der Waals surface area contributed by atoms with Gasteiger partial charge in [-0.2, -0.15) is 0 Å². The van der Waals surface area contributed by atoms with Gasteiger partial charge >= 0.3 is 0 Å². The Kier molecular flexibility index (Phi) is 3.39. The van der Waals surface area contributed by atoms with Crippen molar-refractivity contribution in [3.8, 4) is 5.75 Å². The van der Waals surface area contributed by atoms with E-state index in [-0.39, 0.29) is 0 Å². The summed E-state index contributed by atoms with van der Waals surface area (Å²) in [4.78, 5) is 0. The molecule has 0 atom stereocenters. The maximum atomic E-state index is 5.36. The molecule has 0 radical (unpaired) electrons. The van der Waals surface area contributed by atoms with Gasteiger partial charge in [0, 0.05) is 0 Å². The number of benzene rings is 1. The van der Waals surface area contributed by atoms with Crippen LogP contribution in [0.1, 0.15) is 19.4 Å². The molecule has 1 rings (SSSR count). The zero-order valence-electron chi connectivity index (χ0n) is 7.58. The van der Waals surface area contributed by atoms with E-state index in [4.69, 9.17) is 4.74 Å². The second-order valence-corrected chi connectivity index (χ2v) is 2.51. The standard InChI is InChI=1S/C11H14O/c1-3-6-10-7-5-8-11(9-10)12-4-2/h3,5-9H,4H2,1-2H3/b6-3+. The van der Waals surface area contributed by atoms with Crippen LogP contribution in [0.5, 0.6) is 5.75 Å². The van der Waals surface area contributed by atoms with Crippen LogP contribution in [0, 0.1) is 0 Å². The average Bonchev–Trinajstić information content (AvgIpc) is 2.06. The van der Waals surface area contributed by atoms with Crippen LogP contribution in [0.4, 0.5) is 0 Å². The Labute approximate surface area is 73.7 Å². The third-order valence-corrected chi connectivity index (χ3v) is 1.53. The highest BCUT2D eigenvalue weighted by Gasteiger charge is 1.91. The third-order valence-electron chi connectivity index (χ3n) is 1.53. The molecular weight excluding hydrogens is 148 g/mol. The molecule has 1 heteroatoms. The molecule has 1 aromatic carbocycles. The fraction of sp³-hybridized carbons (Fsp3) is 0.273. The van der Waals surface area contributed by atoms with Crippen molar-refractivity contribution in [1.82, 2.24) is 0 Å². The third kappa shape index (κ3) is 2.42. The fourth-order valence-corrected chi connectivity index (χ4v) is 1.07. The molecule has 1 aromatic rings. The Balaban J connectivity index is 2.80. The minimum absolute atomic E-state index is 0.722. The summed E-state index contributed by atoms with van der Waals surface area (Å²) in [5.41, 5.74) is 1.18. The van der Waals surface area contributed by atoms with Gasteiger partial charge in [0.1, 0.15) is 5.75 Å². The highest BCUT2D eigenvalue weighted by atomic mass is 16.5. The first-order valence-corrected chi connectivity index (χ1v) is 4.22. The first-order valence-electron chi connectivity index (χ1n) is 4.22. The summed E-state index contributed by atoms with van der Waals surface area (Å²) in [5, 5.41) is 0. The minimum Gasteiger partial charge on any atom is -0.494 e. The van der Waals surface area contributed by atoms with E-state index in [2.05, 4.69) is 12.1 Å². The Morgan fingerprint density at radius 1 is 1.42 bits per heavy atom. The predicted molar refractivity (Wildman–Crippen MR) is 52.3 cm³/mol. The van der Waals surface area contributed by atoms with Gasteiger partial charge in [-0.1, -0.05) is 24.3 Å². The average molecular weight is 162 g/mol. The lowest BCUT2D eigenvalue weighted by molar-refractivity contribution is 0.340. The predicted octanol–water partition coefficient (Wildman–Crippen LogP) is 3.12. The van der Waals surface area contributed by atoms with E-state index in [0.717, 1.165) is 12.4 Å². The molecule has 0 fully saturated rings. The molecular formula is C11H14O. The summed E-state index contributed by atoms with van der Waals surface area (Å²) in [6.07, 6.45) is 4.08. The second kappa shape index (κ2) is 4.60. The van der Waals surface area contributed by atoms with Crippen molar-refractivity contribution in [1.29, 1.82) is 0 Å². The fourth-order valence-electron chi connectivity index (χ4n) is 1.07. The molecule has 0 unspecified atom stereocenters. The summed E-state index contributed by atoms with van der Waals surface area (Å²) in [7, 11) is 0. The van der Waals surface area contributed by atoms with Crippen molar-refractivity contribution in [2.75, 3.05) is 6.61 Å². The Morgan fingerprint density at radius 3 is 2.92 bits per heavy atom. The molecule has 1 nitrogen and oxygen atoms in total. The van der Waals surface area contributed by atoms with E-state index in [1.807, 2.05) is 38.1 Å². The smallest absolute Gasteiger partial charge is 0.119 e. The first-order chi connectivity index (χ1) is 5.86. The molecule has 0 bridgehead atoms. The van der Waals surface area contributed by atoms with Gasteiger partial charge in [0.2, 0.25) is 0 Å². The van der Waals surface area contributed by atoms with E-state index in [9.17, 15) is 0 Å².